The van der Waals surface area contributed by atoms with Crippen LogP contribution in [-0.2, 0) is 16.2 Å². The minimum absolute atomic E-state index is 0.0824. The molecule has 0 fully saturated rings. The van der Waals surface area contributed by atoms with Crippen LogP contribution in [0.1, 0.15) is 50.7 Å². The van der Waals surface area contributed by atoms with Crippen LogP contribution in [0.15, 0.2) is 46.4 Å². The molecule has 174 valence electrons. The molecule has 2 aromatic heterocycles. The third kappa shape index (κ3) is 4.98. The molecule has 2 unspecified atom stereocenters. The Balaban J connectivity index is 2.00. The van der Waals surface area contributed by atoms with E-state index in [1.54, 1.807) is 16.8 Å². The van der Waals surface area contributed by atoms with Gasteiger partial charge < -0.3 is 0 Å². The number of hydrogen-bond donors (Lipinski definition) is 0. The Morgan fingerprint density at radius 2 is 1.97 bits per heavy atom. The van der Waals surface area contributed by atoms with Crippen molar-refractivity contribution in [3.8, 4) is 16.4 Å². The van der Waals surface area contributed by atoms with Gasteiger partial charge in [0.05, 0.1) is 32.1 Å². The lowest BCUT2D eigenvalue weighted by Crippen LogP contribution is -2.11. The van der Waals surface area contributed by atoms with Crippen molar-refractivity contribution in [2.75, 3.05) is 5.75 Å². The highest BCUT2D eigenvalue weighted by molar-refractivity contribution is 7.85. The van der Waals surface area contributed by atoms with E-state index in [0.29, 0.717) is 48.5 Å². The smallest absolute Gasteiger partial charge is 0.169 e. The van der Waals surface area contributed by atoms with E-state index in [4.69, 9.17) is 39.9 Å². The third-order valence-corrected chi connectivity index (χ3v) is 8.73. The zero-order chi connectivity index (χ0) is 23.9. The molecule has 0 bridgehead atoms. The van der Waals surface area contributed by atoms with Crippen molar-refractivity contribution in [1.82, 2.24) is 20.0 Å². The zero-order valence-electron chi connectivity index (χ0n) is 18.6. The first-order valence-electron chi connectivity index (χ1n) is 10.4. The normalized spacial score (nSPS) is 17.3. The molecule has 0 aliphatic heterocycles. The Bertz CT molecular complexity index is 1290. The lowest BCUT2D eigenvalue weighted by atomic mass is 9.96. The van der Waals surface area contributed by atoms with Gasteiger partial charge in [-0.1, -0.05) is 86.0 Å². The quantitative estimate of drug-likeness (QED) is 0.340. The second kappa shape index (κ2) is 9.62. The van der Waals surface area contributed by atoms with Gasteiger partial charge >= 0.3 is 0 Å². The summed E-state index contributed by atoms with van der Waals surface area (Å²) in [6, 6.07) is 5.26. The topological polar surface area (TPSA) is 60.7 Å². The van der Waals surface area contributed by atoms with E-state index in [1.165, 1.54) is 11.3 Å². The summed E-state index contributed by atoms with van der Waals surface area (Å²) in [4.78, 5) is 0.654. The minimum Gasteiger partial charge on any atom is -0.254 e. The summed E-state index contributed by atoms with van der Waals surface area (Å²) >= 11 is 20.4. The van der Waals surface area contributed by atoms with E-state index in [-0.39, 0.29) is 11.3 Å². The van der Waals surface area contributed by atoms with E-state index < -0.39 is 10.8 Å². The first-order chi connectivity index (χ1) is 15.6. The third-order valence-electron chi connectivity index (χ3n) is 5.18. The highest BCUT2D eigenvalue weighted by Crippen LogP contribution is 2.41. The maximum absolute atomic E-state index is 13.4. The Hall–Kier alpha value is -1.51. The van der Waals surface area contributed by atoms with Crippen molar-refractivity contribution in [2.24, 2.45) is 0 Å². The average Bonchev–Trinajstić information content (AvgIpc) is 3.39. The molecule has 0 N–H and O–H groups in total. The SMILES string of the molecule is CCS(=O)c1c(-c2nnc(C(C)(C)C)s2)nn(-c2ccc(Cl)cc2Cl)c1C1C=CC(Cl)=CC1. The molecule has 33 heavy (non-hydrogen) atoms. The molecular weight excluding hydrogens is 519 g/mol. The molecule has 4 rings (SSSR count). The number of hydrogen-bond acceptors (Lipinski definition) is 5. The molecule has 0 spiro atoms. The van der Waals surface area contributed by atoms with Gasteiger partial charge in [-0.3, -0.25) is 4.21 Å². The van der Waals surface area contributed by atoms with Crippen LogP contribution in [0.3, 0.4) is 0 Å². The second-order valence-electron chi connectivity index (χ2n) is 8.66. The molecule has 1 aliphatic rings. The lowest BCUT2D eigenvalue weighted by Gasteiger charge is -2.19. The minimum atomic E-state index is -1.30. The van der Waals surface area contributed by atoms with Crippen molar-refractivity contribution in [2.45, 2.75) is 50.3 Å². The van der Waals surface area contributed by atoms with Crippen LogP contribution < -0.4 is 0 Å². The highest BCUT2D eigenvalue weighted by atomic mass is 35.5. The van der Waals surface area contributed by atoms with Gasteiger partial charge in [0, 0.05) is 27.1 Å². The number of benzene rings is 1. The summed E-state index contributed by atoms with van der Waals surface area (Å²) < 4.78 is 15.2. The number of aromatic nitrogens is 4. The number of rotatable bonds is 5. The fourth-order valence-electron chi connectivity index (χ4n) is 3.51. The van der Waals surface area contributed by atoms with E-state index in [2.05, 4.69) is 31.0 Å². The Labute approximate surface area is 214 Å². The van der Waals surface area contributed by atoms with Gasteiger partial charge in [0.2, 0.25) is 0 Å². The van der Waals surface area contributed by atoms with Crippen molar-refractivity contribution in [3.63, 3.8) is 0 Å². The molecule has 0 saturated heterocycles. The monoisotopic (exact) mass is 540 g/mol. The maximum atomic E-state index is 13.4. The summed E-state index contributed by atoms with van der Waals surface area (Å²) in [6.07, 6.45) is 6.48. The fraction of sp³-hybridized carbons (Fsp3) is 0.348. The van der Waals surface area contributed by atoms with Gasteiger partial charge in [0.25, 0.3) is 0 Å². The first kappa shape index (κ1) is 24.6. The maximum Gasteiger partial charge on any atom is 0.169 e. The van der Waals surface area contributed by atoms with Gasteiger partial charge in [-0.15, -0.1) is 10.2 Å². The largest absolute Gasteiger partial charge is 0.254 e. The molecule has 10 heteroatoms. The van der Waals surface area contributed by atoms with E-state index in [9.17, 15) is 4.21 Å². The van der Waals surface area contributed by atoms with E-state index in [0.717, 1.165) is 10.7 Å². The predicted octanol–water partition coefficient (Wildman–Crippen LogP) is 7.29. The molecule has 0 radical (unpaired) electrons. The lowest BCUT2D eigenvalue weighted by molar-refractivity contribution is 0.578. The summed E-state index contributed by atoms with van der Waals surface area (Å²) in [6.45, 7) is 8.15. The van der Waals surface area contributed by atoms with Gasteiger partial charge in [-0.05, 0) is 30.7 Å². The first-order valence-corrected chi connectivity index (χ1v) is 13.7. The second-order valence-corrected chi connectivity index (χ2v) is 12.6. The molecule has 3 aromatic rings. The summed E-state index contributed by atoms with van der Waals surface area (Å²) in [5.74, 6) is 0.360. The highest BCUT2D eigenvalue weighted by Gasteiger charge is 2.32. The van der Waals surface area contributed by atoms with Crippen LogP contribution >= 0.6 is 46.1 Å². The van der Waals surface area contributed by atoms with Crippen LogP contribution in [0.5, 0.6) is 0 Å². The standard InChI is InChI=1S/C23H23Cl3N4OS2/c1-5-33(31)20-18(21-27-28-22(32-21)23(2,3)4)29-30(17-11-10-15(25)12-16(17)26)19(20)13-6-8-14(24)9-7-13/h6,8-13H,5,7H2,1-4H3. The molecular formula is C23H23Cl3N4OS2. The van der Waals surface area contributed by atoms with Crippen LogP contribution in [0.25, 0.3) is 16.4 Å². The molecule has 2 heterocycles. The Morgan fingerprint density at radius 3 is 2.55 bits per heavy atom. The van der Waals surface area contributed by atoms with Crippen LogP contribution in [0.4, 0.5) is 0 Å². The summed E-state index contributed by atoms with van der Waals surface area (Å²) in [5, 5.41) is 16.9. The van der Waals surface area contributed by atoms with Crippen molar-refractivity contribution >= 4 is 56.9 Å². The molecule has 5 nitrogen and oxygen atoms in total. The van der Waals surface area contributed by atoms with Crippen molar-refractivity contribution in [3.05, 3.63) is 62.2 Å². The predicted molar refractivity (Wildman–Crippen MR) is 139 cm³/mol. The van der Waals surface area contributed by atoms with Crippen molar-refractivity contribution < 1.29 is 4.21 Å². The molecule has 0 saturated carbocycles. The molecule has 0 amide bonds. The van der Waals surface area contributed by atoms with Crippen LogP contribution in [0.2, 0.25) is 10.0 Å². The zero-order valence-corrected chi connectivity index (χ0v) is 22.5. The Morgan fingerprint density at radius 1 is 1.21 bits per heavy atom. The summed E-state index contributed by atoms with van der Waals surface area (Å²) in [5.41, 5.74) is 1.88. The van der Waals surface area contributed by atoms with Gasteiger partial charge in [-0.25, -0.2) is 4.68 Å². The van der Waals surface area contributed by atoms with Crippen LogP contribution in [0, 0.1) is 0 Å². The van der Waals surface area contributed by atoms with Crippen LogP contribution in [-0.4, -0.2) is 29.9 Å². The molecule has 2 atom stereocenters. The average molecular weight is 542 g/mol. The van der Waals surface area contributed by atoms with Gasteiger partial charge in [-0.2, -0.15) is 5.10 Å². The van der Waals surface area contributed by atoms with Crippen molar-refractivity contribution in [1.29, 1.82) is 0 Å². The fourth-order valence-corrected chi connectivity index (χ4v) is 6.23. The van der Waals surface area contributed by atoms with E-state index in [1.807, 2.05) is 31.2 Å². The number of halogens is 3. The molecule has 1 aromatic carbocycles. The van der Waals surface area contributed by atoms with Gasteiger partial charge in [0.1, 0.15) is 10.7 Å². The summed E-state index contributed by atoms with van der Waals surface area (Å²) in [7, 11) is -1.30. The Kier molecular flexibility index (Phi) is 7.18. The van der Waals surface area contributed by atoms with Gasteiger partial charge in [0.15, 0.2) is 5.01 Å². The van der Waals surface area contributed by atoms with E-state index >= 15 is 0 Å². The number of nitrogens with zero attached hydrogens (tertiary/aromatic N) is 4. The number of allylic oxidation sites excluding steroid dienone is 4. The molecule has 1 aliphatic carbocycles.